The van der Waals surface area contributed by atoms with E-state index in [2.05, 4.69) is 28.2 Å². The summed E-state index contributed by atoms with van der Waals surface area (Å²) in [5.41, 5.74) is 1.49. The Labute approximate surface area is 208 Å². The molecule has 32 heavy (non-hydrogen) atoms. The van der Waals surface area contributed by atoms with Crippen LogP contribution in [-0.4, -0.2) is 34.9 Å². The first kappa shape index (κ1) is 26.5. The van der Waals surface area contributed by atoms with Crippen molar-refractivity contribution in [1.82, 2.24) is 10.2 Å². The van der Waals surface area contributed by atoms with E-state index in [1.54, 1.807) is 25.1 Å². The molecule has 1 N–H and O–H groups in total. The third kappa shape index (κ3) is 7.68. The summed E-state index contributed by atoms with van der Waals surface area (Å²) in [7, 11) is 0. The van der Waals surface area contributed by atoms with E-state index in [1.807, 2.05) is 39.0 Å². The molecule has 0 bridgehead atoms. The summed E-state index contributed by atoms with van der Waals surface area (Å²) >= 11 is 15.7. The first-order valence-corrected chi connectivity index (χ1v) is 11.9. The lowest BCUT2D eigenvalue weighted by molar-refractivity contribution is -0.142. The van der Waals surface area contributed by atoms with Gasteiger partial charge < -0.3 is 15.0 Å². The maximum Gasteiger partial charge on any atom is 0.261 e. The van der Waals surface area contributed by atoms with Crippen LogP contribution in [0.2, 0.25) is 10.0 Å². The van der Waals surface area contributed by atoms with Crippen LogP contribution in [-0.2, 0) is 22.6 Å². The monoisotopic (exact) mass is 542 g/mol. The molecular weight excluding hydrogens is 515 g/mol. The van der Waals surface area contributed by atoms with Gasteiger partial charge in [-0.25, -0.2) is 0 Å². The van der Waals surface area contributed by atoms with Crippen LogP contribution in [0.25, 0.3) is 0 Å². The average Bonchev–Trinajstić information content (AvgIpc) is 2.71. The average molecular weight is 544 g/mol. The van der Waals surface area contributed by atoms with Crippen LogP contribution in [0.3, 0.4) is 0 Å². The van der Waals surface area contributed by atoms with Gasteiger partial charge in [0.05, 0.1) is 14.5 Å². The number of nitrogens with one attached hydrogen (secondary N) is 1. The van der Waals surface area contributed by atoms with E-state index in [1.165, 1.54) is 4.90 Å². The lowest BCUT2D eigenvalue weighted by Gasteiger charge is -2.31. The van der Waals surface area contributed by atoms with Crippen molar-refractivity contribution in [2.24, 2.45) is 0 Å². The van der Waals surface area contributed by atoms with Gasteiger partial charge in [0.15, 0.2) is 6.61 Å². The number of ether oxygens (including phenoxy) is 1. The molecule has 5 nitrogen and oxygen atoms in total. The third-order valence-corrected chi connectivity index (χ3v) is 6.12. The van der Waals surface area contributed by atoms with Crippen molar-refractivity contribution in [2.75, 3.05) is 6.61 Å². The molecule has 0 saturated carbocycles. The quantitative estimate of drug-likeness (QED) is 0.442. The molecule has 0 aliphatic carbocycles. The Kier molecular flexibility index (Phi) is 9.43. The number of rotatable bonds is 8. The van der Waals surface area contributed by atoms with Crippen molar-refractivity contribution in [3.63, 3.8) is 0 Å². The first-order chi connectivity index (χ1) is 14.9. The third-order valence-electron chi connectivity index (χ3n) is 4.76. The van der Waals surface area contributed by atoms with Gasteiger partial charge in [-0.3, -0.25) is 9.59 Å². The van der Waals surface area contributed by atoms with Crippen molar-refractivity contribution >= 4 is 50.9 Å². The summed E-state index contributed by atoms with van der Waals surface area (Å²) in [5, 5.41) is 3.74. The van der Waals surface area contributed by atoms with Gasteiger partial charge in [0.2, 0.25) is 5.91 Å². The molecule has 2 aromatic carbocycles. The van der Waals surface area contributed by atoms with Gasteiger partial charge in [-0.2, -0.15) is 0 Å². The van der Waals surface area contributed by atoms with Crippen molar-refractivity contribution in [2.45, 2.75) is 59.2 Å². The molecule has 8 heteroatoms. The fraction of sp³-hybridized carbons (Fsp3) is 0.417. The number of nitrogens with zero attached hydrogens (tertiary/aromatic N) is 1. The molecule has 0 heterocycles. The Bertz CT molecular complexity index is 976. The summed E-state index contributed by atoms with van der Waals surface area (Å²) in [6.07, 6.45) is 0.898. The topological polar surface area (TPSA) is 58.6 Å². The normalized spacial score (nSPS) is 12.2. The Morgan fingerprint density at radius 3 is 2.31 bits per heavy atom. The van der Waals surface area contributed by atoms with E-state index in [4.69, 9.17) is 27.9 Å². The van der Waals surface area contributed by atoms with Gasteiger partial charge in [0.25, 0.3) is 5.91 Å². The Morgan fingerprint density at radius 2 is 1.75 bits per heavy atom. The minimum Gasteiger partial charge on any atom is -0.483 e. The zero-order valence-corrected chi connectivity index (χ0v) is 22.1. The number of hydrogen-bond donors (Lipinski definition) is 1. The minimum absolute atomic E-state index is 0.188. The van der Waals surface area contributed by atoms with E-state index in [0.29, 0.717) is 15.8 Å². The Balaban J connectivity index is 2.22. The molecule has 0 radical (unpaired) electrons. The summed E-state index contributed by atoms with van der Waals surface area (Å²) in [6, 6.07) is 10.2. The number of halogens is 3. The highest BCUT2D eigenvalue weighted by Crippen LogP contribution is 2.27. The fourth-order valence-corrected chi connectivity index (χ4v) is 3.86. The van der Waals surface area contributed by atoms with Crippen LogP contribution < -0.4 is 10.1 Å². The summed E-state index contributed by atoms with van der Waals surface area (Å²) < 4.78 is 6.55. The van der Waals surface area contributed by atoms with E-state index in [-0.39, 0.29) is 25.0 Å². The fourth-order valence-electron chi connectivity index (χ4n) is 3.00. The largest absolute Gasteiger partial charge is 0.483 e. The van der Waals surface area contributed by atoms with E-state index >= 15 is 0 Å². The highest BCUT2D eigenvalue weighted by atomic mass is 79.9. The number of carbonyl (C=O) groups excluding carboxylic acids is 2. The minimum atomic E-state index is -0.717. The van der Waals surface area contributed by atoms with Gasteiger partial charge in [0, 0.05) is 12.1 Å². The summed E-state index contributed by atoms with van der Waals surface area (Å²) in [6.45, 7) is 9.42. The zero-order chi connectivity index (χ0) is 24.1. The maximum atomic E-state index is 13.2. The van der Waals surface area contributed by atoms with Gasteiger partial charge in [-0.1, -0.05) is 42.3 Å². The number of amides is 2. The smallest absolute Gasteiger partial charge is 0.261 e. The first-order valence-electron chi connectivity index (χ1n) is 10.4. The predicted molar refractivity (Wildman–Crippen MR) is 133 cm³/mol. The second kappa shape index (κ2) is 11.4. The van der Waals surface area contributed by atoms with Crippen LogP contribution in [0.4, 0.5) is 0 Å². The zero-order valence-electron chi connectivity index (χ0n) is 19.0. The molecule has 2 amide bonds. The van der Waals surface area contributed by atoms with Gasteiger partial charge in [0.1, 0.15) is 11.8 Å². The second-order valence-corrected chi connectivity index (χ2v) is 10.3. The van der Waals surface area contributed by atoms with E-state index in [9.17, 15) is 9.59 Å². The standard InChI is InChI=1S/C24H29BrCl2N2O3/c1-6-16-8-10-21(18(25)11-16)32-14-22(30)29(15(2)23(31)28-24(3,4)5)13-17-7-9-19(26)20(27)12-17/h7-12,15H,6,13-14H2,1-5H3,(H,28,31)/t15-/m1/s1. The molecule has 174 valence electrons. The van der Waals surface area contributed by atoms with Gasteiger partial charge >= 0.3 is 0 Å². The van der Waals surface area contributed by atoms with Crippen molar-refractivity contribution in [3.8, 4) is 5.75 Å². The SMILES string of the molecule is CCc1ccc(OCC(=O)N(Cc2ccc(Cl)c(Cl)c2)[C@H](C)C(=O)NC(C)(C)C)c(Br)c1. The highest BCUT2D eigenvalue weighted by Gasteiger charge is 2.29. The van der Waals surface area contributed by atoms with Crippen LogP contribution in [0, 0.1) is 0 Å². The number of carbonyl (C=O) groups is 2. The summed E-state index contributed by atoms with van der Waals surface area (Å²) in [4.78, 5) is 27.5. The van der Waals surface area contributed by atoms with Crippen LogP contribution in [0.1, 0.15) is 45.7 Å². The molecule has 0 spiro atoms. The highest BCUT2D eigenvalue weighted by molar-refractivity contribution is 9.10. The molecule has 2 aromatic rings. The van der Waals surface area contributed by atoms with Crippen LogP contribution >= 0.6 is 39.1 Å². The Morgan fingerprint density at radius 1 is 1.09 bits per heavy atom. The van der Waals surface area contributed by atoms with E-state index in [0.717, 1.165) is 22.0 Å². The molecule has 0 unspecified atom stereocenters. The molecule has 0 saturated heterocycles. The lowest BCUT2D eigenvalue weighted by Crippen LogP contribution is -2.53. The molecule has 2 rings (SSSR count). The van der Waals surface area contributed by atoms with Crippen molar-refractivity contribution in [3.05, 3.63) is 62.0 Å². The molecule has 0 fully saturated rings. The second-order valence-electron chi connectivity index (χ2n) is 8.59. The maximum absolute atomic E-state index is 13.2. The van der Waals surface area contributed by atoms with Crippen molar-refractivity contribution in [1.29, 1.82) is 0 Å². The van der Waals surface area contributed by atoms with Gasteiger partial charge in [-0.15, -0.1) is 0 Å². The number of hydrogen-bond acceptors (Lipinski definition) is 3. The molecule has 0 aliphatic heterocycles. The van der Waals surface area contributed by atoms with Gasteiger partial charge in [-0.05, 0) is 85.4 Å². The summed E-state index contributed by atoms with van der Waals surface area (Å²) in [5.74, 6) is -0.00433. The predicted octanol–water partition coefficient (Wildman–Crippen LogP) is 6.03. The van der Waals surface area contributed by atoms with Crippen molar-refractivity contribution < 1.29 is 14.3 Å². The van der Waals surface area contributed by atoms with E-state index < -0.39 is 11.6 Å². The Hall–Kier alpha value is -1.76. The van der Waals surface area contributed by atoms with Crippen LogP contribution in [0.5, 0.6) is 5.75 Å². The molecule has 1 atom stereocenters. The number of aryl methyl sites for hydroxylation is 1. The molecule has 0 aromatic heterocycles. The molecule has 0 aliphatic rings. The molecular formula is C24H29BrCl2N2O3. The van der Waals surface area contributed by atoms with Crippen LogP contribution in [0.15, 0.2) is 40.9 Å². The number of benzene rings is 2. The lowest BCUT2D eigenvalue weighted by atomic mass is 10.1.